The topological polar surface area (TPSA) is 84.2 Å². The number of aromatic nitrogens is 2. The second-order valence-corrected chi connectivity index (χ2v) is 6.01. The molecule has 132 valence electrons. The molecule has 1 unspecified atom stereocenters. The van der Waals surface area contributed by atoms with Crippen molar-refractivity contribution in [3.63, 3.8) is 0 Å². The lowest BCUT2D eigenvalue weighted by atomic mass is 10.1. The molecule has 1 aromatic carbocycles. The summed E-state index contributed by atoms with van der Waals surface area (Å²) in [5.74, 6) is 5.30. The Bertz CT molecular complexity index is 1030. The Kier molecular flexibility index (Phi) is 5.30. The van der Waals surface area contributed by atoms with E-state index in [9.17, 15) is 9.59 Å². The Morgan fingerprint density at radius 3 is 3.00 bits per heavy atom. The third-order valence-corrected chi connectivity index (χ3v) is 4.32. The fraction of sp³-hybridized carbons (Fsp3) is 0.250. The number of hydrogen-bond acceptors (Lipinski definition) is 4. The van der Waals surface area contributed by atoms with Crippen LogP contribution >= 0.6 is 0 Å². The van der Waals surface area contributed by atoms with Gasteiger partial charge in [-0.25, -0.2) is 4.98 Å². The van der Waals surface area contributed by atoms with Gasteiger partial charge in [0.05, 0.1) is 5.52 Å². The molecule has 6 heteroatoms. The summed E-state index contributed by atoms with van der Waals surface area (Å²) in [6.07, 6.45) is 3.00. The van der Waals surface area contributed by atoms with Gasteiger partial charge in [-0.15, -0.1) is 0 Å². The molecule has 2 aromatic heterocycles. The number of hydrogen-bond donors (Lipinski definition) is 2. The molecule has 26 heavy (non-hydrogen) atoms. The van der Waals surface area contributed by atoms with Gasteiger partial charge in [-0.2, -0.15) is 0 Å². The summed E-state index contributed by atoms with van der Waals surface area (Å²) in [6, 6.07) is 9.81. The molecule has 0 fully saturated rings. The van der Waals surface area contributed by atoms with Crippen LogP contribution in [-0.2, 0) is 9.59 Å². The van der Waals surface area contributed by atoms with E-state index < -0.39 is 0 Å². The van der Waals surface area contributed by atoms with Gasteiger partial charge in [0, 0.05) is 35.0 Å². The van der Waals surface area contributed by atoms with Crippen molar-refractivity contribution >= 4 is 34.3 Å². The maximum atomic E-state index is 11.6. The number of nitrogens with one attached hydrogen (secondary N) is 1. The fourth-order valence-corrected chi connectivity index (χ4v) is 3.15. The quantitative estimate of drug-likeness (QED) is 0.546. The molecule has 2 amide bonds. The van der Waals surface area contributed by atoms with Crippen molar-refractivity contribution in [2.75, 3.05) is 6.61 Å². The predicted octanol–water partition coefficient (Wildman–Crippen LogP) is 2.15. The predicted molar refractivity (Wildman–Crippen MR) is 99.4 cm³/mol. The van der Waals surface area contributed by atoms with E-state index in [4.69, 9.17) is 5.11 Å². The summed E-state index contributed by atoms with van der Waals surface area (Å²) in [5.41, 5.74) is 2.68. The molecule has 1 atom stereocenters. The number of benzene rings is 1. The van der Waals surface area contributed by atoms with Crippen molar-refractivity contribution in [1.82, 2.24) is 14.9 Å². The van der Waals surface area contributed by atoms with E-state index in [2.05, 4.69) is 26.7 Å². The molecule has 2 heterocycles. The highest BCUT2D eigenvalue weighted by Crippen LogP contribution is 2.32. The summed E-state index contributed by atoms with van der Waals surface area (Å²) >= 11 is 0. The summed E-state index contributed by atoms with van der Waals surface area (Å²) in [4.78, 5) is 26.5. The lowest BCUT2D eigenvalue weighted by Crippen LogP contribution is -2.21. The Balaban J connectivity index is 2.05. The molecule has 0 aliphatic rings. The number of pyridine rings is 1. The van der Waals surface area contributed by atoms with Gasteiger partial charge in [-0.05, 0) is 43.7 Å². The zero-order valence-corrected chi connectivity index (χ0v) is 14.4. The van der Waals surface area contributed by atoms with Gasteiger partial charge in [0.25, 0.3) is 0 Å². The number of imide groups is 1. The Morgan fingerprint density at radius 2 is 2.23 bits per heavy atom. The van der Waals surface area contributed by atoms with Crippen LogP contribution in [-0.4, -0.2) is 33.6 Å². The Morgan fingerprint density at radius 1 is 1.38 bits per heavy atom. The molecule has 0 radical (unpaired) electrons. The molecule has 0 bridgehead atoms. The number of aliphatic hydroxyl groups excluding tert-OH is 1. The number of nitrogens with zero attached hydrogens (tertiary/aromatic N) is 2. The standard InChI is InChI=1S/C20H19N3O3/c1-14(6-9-19(26)22-13-25)23-18-8-7-15(4-3-11-24)12-17(18)16-5-2-10-21-20(16)23/h2,5,7-8,10,12-14,24H,6,9,11H2,1H3,(H,22,25,26). The van der Waals surface area contributed by atoms with E-state index in [1.807, 2.05) is 37.3 Å². The first-order valence-electron chi connectivity index (χ1n) is 8.37. The molecule has 3 aromatic rings. The van der Waals surface area contributed by atoms with Gasteiger partial charge < -0.3 is 9.67 Å². The van der Waals surface area contributed by atoms with Crippen molar-refractivity contribution < 1.29 is 14.7 Å². The number of fused-ring (bicyclic) bond motifs is 3. The van der Waals surface area contributed by atoms with E-state index in [-0.39, 0.29) is 25.0 Å². The number of carbonyl (C=O) groups is 2. The summed E-state index contributed by atoms with van der Waals surface area (Å²) in [7, 11) is 0. The van der Waals surface area contributed by atoms with Crippen molar-refractivity contribution in [1.29, 1.82) is 0 Å². The minimum Gasteiger partial charge on any atom is -0.384 e. The zero-order valence-electron chi connectivity index (χ0n) is 14.4. The fourth-order valence-electron chi connectivity index (χ4n) is 3.15. The highest BCUT2D eigenvalue weighted by atomic mass is 16.2. The summed E-state index contributed by atoms with van der Waals surface area (Å²) in [5, 5.41) is 13.1. The van der Waals surface area contributed by atoms with E-state index in [0.717, 1.165) is 27.5 Å². The van der Waals surface area contributed by atoms with Crippen molar-refractivity contribution in [3.05, 3.63) is 42.1 Å². The Labute approximate surface area is 150 Å². The average molecular weight is 349 g/mol. The van der Waals surface area contributed by atoms with Gasteiger partial charge in [0.15, 0.2) is 0 Å². The van der Waals surface area contributed by atoms with Crippen LogP contribution in [0.3, 0.4) is 0 Å². The van der Waals surface area contributed by atoms with Gasteiger partial charge in [0.1, 0.15) is 12.3 Å². The first-order chi connectivity index (χ1) is 12.7. The average Bonchev–Trinajstić information content (AvgIpc) is 2.98. The number of aliphatic hydroxyl groups is 1. The number of amides is 2. The van der Waals surface area contributed by atoms with Crippen LogP contribution in [0, 0.1) is 11.8 Å². The van der Waals surface area contributed by atoms with E-state index in [0.29, 0.717) is 12.8 Å². The maximum Gasteiger partial charge on any atom is 0.226 e. The van der Waals surface area contributed by atoms with Crippen molar-refractivity contribution in [2.45, 2.75) is 25.8 Å². The minimum absolute atomic E-state index is 0.0247. The third kappa shape index (κ3) is 3.44. The normalized spacial score (nSPS) is 11.8. The van der Waals surface area contributed by atoms with Gasteiger partial charge >= 0.3 is 0 Å². The van der Waals surface area contributed by atoms with E-state index in [1.165, 1.54) is 0 Å². The van der Waals surface area contributed by atoms with E-state index in [1.54, 1.807) is 6.20 Å². The van der Waals surface area contributed by atoms with Gasteiger partial charge in [-0.3, -0.25) is 14.9 Å². The number of rotatable bonds is 5. The lowest BCUT2D eigenvalue weighted by molar-refractivity contribution is -0.125. The molecule has 0 saturated heterocycles. The van der Waals surface area contributed by atoms with Crippen LogP contribution in [0.25, 0.3) is 21.9 Å². The molecule has 0 aliphatic heterocycles. The van der Waals surface area contributed by atoms with Gasteiger partial charge in [-0.1, -0.05) is 11.8 Å². The zero-order chi connectivity index (χ0) is 18.5. The SMILES string of the molecule is CC(CCC(=O)NC=O)n1c2ccc(C#CCO)cc2c2cccnc21. The first-order valence-corrected chi connectivity index (χ1v) is 8.37. The second kappa shape index (κ2) is 7.81. The molecular formula is C20H19N3O3. The monoisotopic (exact) mass is 349 g/mol. The second-order valence-electron chi connectivity index (χ2n) is 6.01. The maximum absolute atomic E-state index is 11.6. The van der Waals surface area contributed by atoms with Crippen LogP contribution < -0.4 is 5.32 Å². The minimum atomic E-state index is -0.290. The third-order valence-electron chi connectivity index (χ3n) is 4.32. The highest BCUT2D eigenvalue weighted by molar-refractivity contribution is 6.07. The highest BCUT2D eigenvalue weighted by Gasteiger charge is 2.17. The smallest absolute Gasteiger partial charge is 0.226 e. The van der Waals surface area contributed by atoms with Crippen LogP contribution in [0.15, 0.2) is 36.5 Å². The molecule has 0 saturated carbocycles. The molecular weight excluding hydrogens is 330 g/mol. The van der Waals surface area contributed by atoms with Gasteiger partial charge in [0.2, 0.25) is 12.3 Å². The molecule has 2 N–H and O–H groups in total. The molecule has 6 nitrogen and oxygen atoms in total. The van der Waals surface area contributed by atoms with Crippen LogP contribution in [0.2, 0.25) is 0 Å². The van der Waals surface area contributed by atoms with Crippen LogP contribution in [0.1, 0.15) is 31.4 Å². The first kappa shape index (κ1) is 17.6. The molecule has 0 aliphatic carbocycles. The van der Waals surface area contributed by atoms with E-state index >= 15 is 0 Å². The summed E-state index contributed by atoms with van der Waals surface area (Å²) < 4.78 is 2.11. The summed E-state index contributed by atoms with van der Waals surface area (Å²) in [6.45, 7) is 1.85. The van der Waals surface area contributed by atoms with Crippen LogP contribution in [0.5, 0.6) is 0 Å². The number of carbonyl (C=O) groups excluding carboxylic acids is 2. The largest absolute Gasteiger partial charge is 0.384 e. The Hall–Kier alpha value is -3.17. The van der Waals surface area contributed by atoms with Crippen molar-refractivity contribution in [3.8, 4) is 11.8 Å². The molecule has 0 spiro atoms. The van der Waals surface area contributed by atoms with Crippen LogP contribution in [0.4, 0.5) is 0 Å². The van der Waals surface area contributed by atoms with Crippen molar-refractivity contribution in [2.24, 2.45) is 0 Å². The lowest BCUT2D eigenvalue weighted by Gasteiger charge is -2.15. The molecule has 3 rings (SSSR count).